The normalized spacial score (nSPS) is 14.6. The molecule has 0 N–H and O–H groups in total. The second kappa shape index (κ2) is 5.84. The summed E-state index contributed by atoms with van der Waals surface area (Å²) in [5.41, 5.74) is 2.83. The molecule has 0 bridgehead atoms. The van der Waals surface area contributed by atoms with Crippen LogP contribution in [0.1, 0.15) is 21.5 Å². The highest BCUT2D eigenvalue weighted by Crippen LogP contribution is 2.20. The molecule has 1 aromatic rings. The highest BCUT2D eigenvalue weighted by atomic mass is 16.5. The first-order chi connectivity index (χ1) is 9.13. The molecule has 1 aliphatic heterocycles. The summed E-state index contributed by atoms with van der Waals surface area (Å²) in [6.07, 6.45) is 0.869. The third kappa shape index (κ3) is 3.12. The van der Waals surface area contributed by atoms with Crippen LogP contribution in [0.5, 0.6) is 0 Å². The molecule has 0 saturated carbocycles. The van der Waals surface area contributed by atoms with Gasteiger partial charge in [-0.05, 0) is 29.7 Å². The van der Waals surface area contributed by atoms with E-state index in [4.69, 9.17) is 4.74 Å². The summed E-state index contributed by atoms with van der Waals surface area (Å²) in [4.78, 5) is 24.8. The van der Waals surface area contributed by atoms with Crippen LogP contribution in [-0.2, 0) is 27.2 Å². The van der Waals surface area contributed by atoms with E-state index in [1.54, 1.807) is 6.07 Å². The minimum atomic E-state index is -0.340. The smallest absolute Gasteiger partial charge is 0.337 e. The number of fused-ring (bicyclic) bond motifs is 1. The maximum Gasteiger partial charge on any atom is 0.337 e. The zero-order valence-corrected chi connectivity index (χ0v) is 11.1. The maximum absolute atomic E-state index is 11.5. The van der Waals surface area contributed by atoms with Crippen LogP contribution >= 0.6 is 0 Å². The Morgan fingerprint density at radius 1 is 1.21 bits per heavy atom. The highest BCUT2D eigenvalue weighted by Gasteiger charge is 2.20. The molecule has 0 aromatic heterocycles. The van der Waals surface area contributed by atoms with E-state index in [1.807, 2.05) is 17.0 Å². The van der Waals surface area contributed by atoms with Crippen molar-refractivity contribution in [2.45, 2.75) is 13.0 Å². The molecule has 1 aliphatic rings. The lowest BCUT2D eigenvalue weighted by Crippen LogP contribution is -2.35. The number of rotatable bonds is 3. The van der Waals surface area contributed by atoms with Crippen molar-refractivity contribution in [3.05, 3.63) is 34.9 Å². The molecule has 0 spiro atoms. The van der Waals surface area contributed by atoms with Crippen LogP contribution in [0.3, 0.4) is 0 Å². The van der Waals surface area contributed by atoms with E-state index in [2.05, 4.69) is 4.74 Å². The molecule has 0 aliphatic carbocycles. The lowest BCUT2D eigenvalue weighted by atomic mass is 9.97. The Balaban J connectivity index is 2.14. The Labute approximate surface area is 112 Å². The average molecular weight is 263 g/mol. The Morgan fingerprint density at radius 2 is 2.00 bits per heavy atom. The quantitative estimate of drug-likeness (QED) is 0.762. The Hall–Kier alpha value is -1.88. The molecular weight excluding hydrogens is 246 g/mol. The van der Waals surface area contributed by atoms with Crippen LogP contribution in [0.15, 0.2) is 18.2 Å². The van der Waals surface area contributed by atoms with Crippen LogP contribution in [0.4, 0.5) is 0 Å². The molecule has 0 atom stereocenters. The zero-order valence-electron chi connectivity index (χ0n) is 11.1. The fourth-order valence-corrected chi connectivity index (χ4v) is 2.24. The van der Waals surface area contributed by atoms with E-state index >= 15 is 0 Å². The van der Waals surface area contributed by atoms with Crippen LogP contribution in [0.2, 0.25) is 0 Å². The average Bonchev–Trinajstić information content (AvgIpc) is 2.45. The Kier molecular flexibility index (Phi) is 4.16. The lowest BCUT2D eigenvalue weighted by Gasteiger charge is -2.27. The van der Waals surface area contributed by atoms with Crippen LogP contribution in [0.25, 0.3) is 0 Å². The molecule has 2 rings (SSSR count). The third-order valence-electron chi connectivity index (χ3n) is 3.30. The monoisotopic (exact) mass is 263 g/mol. The SMILES string of the molecule is COC(=O)CN1CCc2ccc(C(=O)OC)cc2C1. The minimum absolute atomic E-state index is 0.243. The van der Waals surface area contributed by atoms with Gasteiger partial charge in [0.25, 0.3) is 0 Å². The summed E-state index contributed by atoms with van der Waals surface area (Å²) < 4.78 is 9.37. The van der Waals surface area contributed by atoms with Gasteiger partial charge < -0.3 is 9.47 Å². The number of ether oxygens (including phenoxy) is 2. The maximum atomic E-state index is 11.5. The van der Waals surface area contributed by atoms with Gasteiger partial charge >= 0.3 is 11.9 Å². The number of benzene rings is 1. The predicted octanol–water partition coefficient (Wildman–Crippen LogP) is 1.00. The zero-order chi connectivity index (χ0) is 13.8. The lowest BCUT2D eigenvalue weighted by molar-refractivity contribution is -0.142. The first-order valence-corrected chi connectivity index (χ1v) is 6.13. The van der Waals surface area contributed by atoms with Crippen molar-refractivity contribution in [1.82, 2.24) is 4.90 Å². The van der Waals surface area contributed by atoms with Gasteiger partial charge in [-0.15, -0.1) is 0 Å². The van der Waals surface area contributed by atoms with Crippen molar-refractivity contribution < 1.29 is 19.1 Å². The molecular formula is C14H17NO4. The predicted molar refractivity (Wildman–Crippen MR) is 68.8 cm³/mol. The first kappa shape index (κ1) is 13.5. The van der Waals surface area contributed by atoms with E-state index < -0.39 is 0 Å². The van der Waals surface area contributed by atoms with Gasteiger partial charge in [-0.25, -0.2) is 4.79 Å². The van der Waals surface area contributed by atoms with Crippen LogP contribution in [0, 0.1) is 0 Å². The van der Waals surface area contributed by atoms with Crippen LogP contribution in [-0.4, -0.2) is 44.1 Å². The molecule has 0 radical (unpaired) electrons. The summed E-state index contributed by atoms with van der Waals surface area (Å²) in [6, 6.07) is 5.57. The van der Waals surface area contributed by atoms with Crippen LogP contribution < -0.4 is 0 Å². The summed E-state index contributed by atoms with van der Waals surface area (Å²) in [6.45, 7) is 1.74. The van der Waals surface area contributed by atoms with E-state index in [1.165, 1.54) is 19.8 Å². The standard InChI is InChI=1S/C14H17NO4/c1-18-13(16)9-15-6-5-10-3-4-11(14(17)19-2)7-12(10)8-15/h3-4,7H,5-6,8-9H2,1-2H3. The van der Waals surface area contributed by atoms with Crippen molar-refractivity contribution >= 4 is 11.9 Å². The van der Waals surface area contributed by atoms with Gasteiger partial charge in [0.2, 0.25) is 0 Å². The topological polar surface area (TPSA) is 55.8 Å². The van der Waals surface area contributed by atoms with Crippen molar-refractivity contribution in [3.63, 3.8) is 0 Å². The number of nitrogens with zero attached hydrogens (tertiary/aromatic N) is 1. The van der Waals surface area contributed by atoms with Crippen molar-refractivity contribution in [3.8, 4) is 0 Å². The molecule has 1 heterocycles. The van der Waals surface area contributed by atoms with Gasteiger partial charge in [0.15, 0.2) is 0 Å². The third-order valence-corrected chi connectivity index (χ3v) is 3.30. The van der Waals surface area contributed by atoms with E-state index in [-0.39, 0.29) is 18.5 Å². The second-order valence-corrected chi connectivity index (χ2v) is 4.51. The fraction of sp³-hybridized carbons (Fsp3) is 0.429. The van der Waals surface area contributed by atoms with Gasteiger partial charge in [-0.1, -0.05) is 6.07 Å². The molecule has 0 unspecified atom stereocenters. The Morgan fingerprint density at radius 3 is 2.68 bits per heavy atom. The van der Waals surface area contributed by atoms with Crippen molar-refractivity contribution in [2.24, 2.45) is 0 Å². The second-order valence-electron chi connectivity index (χ2n) is 4.51. The number of esters is 2. The Bertz CT molecular complexity index is 498. The summed E-state index contributed by atoms with van der Waals surface area (Å²) in [7, 11) is 2.75. The largest absolute Gasteiger partial charge is 0.468 e. The van der Waals surface area contributed by atoms with Gasteiger partial charge in [0.05, 0.1) is 26.3 Å². The molecule has 0 amide bonds. The first-order valence-electron chi connectivity index (χ1n) is 6.13. The molecule has 102 valence electrons. The molecule has 5 nitrogen and oxygen atoms in total. The summed E-state index contributed by atoms with van der Waals surface area (Å²) >= 11 is 0. The van der Waals surface area contributed by atoms with Crippen molar-refractivity contribution in [2.75, 3.05) is 27.3 Å². The summed E-state index contributed by atoms with van der Waals surface area (Å²) in [5.74, 6) is -0.583. The highest BCUT2D eigenvalue weighted by molar-refractivity contribution is 5.89. The number of carbonyl (C=O) groups excluding carboxylic acids is 2. The molecule has 0 fully saturated rings. The molecule has 5 heteroatoms. The number of hydrogen-bond donors (Lipinski definition) is 0. The van der Waals surface area contributed by atoms with Gasteiger partial charge in [-0.2, -0.15) is 0 Å². The van der Waals surface area contributed by atoms with E-state index in [0.29, 0.717) is 12.1 Å². The van der Waals surface area contributed by atoms with Crippen molar-refractivity contribution in [1.29, 1.82) is 0 Å². The summed E-state index contributed by atoms with van der Waals surface area (Å²) in [5, 5.41) is 0. The van der Waals surface area contributed by atoms with Gasteiger partial charge in [0, 0.05) is 13.1 Å². The molecule has 19 heavy (non-hydrogen) atoms. The minimum Gasteiger partial charge on any atom is -0.468 e. The number of methoxy groups -OCH3 is 2. The molecule has 0 saturated heterocycles. The van der Waals surface area contributed by atoms with Gasteiger partial charge in [-0.3, -0.25) is 9.69 Å². The number of carbonyl (C=O) groups is 2. The fourth-order valence-electron chi connectivity index (χ4n) is 2.24. The van der Waals surface area contributed by atoms with Gasteiger partial charge in [0.1, 0.15) is 0 Å². The molecule has 1 aromatic carbocycles. The van der Waals surface area contributed by atoms with E-state index in [0.717, 1.165) is 18.5 Å². The number of hydrogen-bond acceptors (Lipinski definition) is 5. The van der Waals surface area contributed by atoms with E-state index in [9.17, 15) is 9.59 Å².